The largest absolute Gasteiger partial charge is 0.224 e. The summed E-state index contributed by atoms with van der Waals surface area (Å²) in [6.07, 6.45) is 2.63. The molecular formula is C13H19NO4S2. The molecule has 0 saturated carbocycles. The molecule has 0 spiro atoms. The van der Waals surface area contributed by atoms with Crippen LogP contribution in [0, 0.1) is 5.92 Å². The number of nitrogens with zero attached hydrogens (tertiary/aromatic N) is 1. The van der Waals surface area contributed by atoms with Crippen molar-refractivity contribution in [3.63, 3.8) is 0 Å². The molecule has 1 fully saturated rings. The van der Waals surface area contributed by atoms with Crippen LogP contribution < -0.4 is 0 Å². The second-order valence-corrected chi connectivity index (χ2v) is 9.24. The Hall–Kier alpha value is -0.920. The van der Waals surface area contributed by atoms with E-state index in [2.05, 4.69) is 0 Å². The van der Waals surface area contributed by atoms with E-state index in [1.165, 1.54) is 10.6 Å². The van der Waals surface area contributed by atoms with Gasteiger partial charge in [-0.2, -0.15) is 0 Å². The summed E-state index contributed by atoms with van der Waals surface area (Å²) in [6, 6.07) is 8.30. The molecule has 0 bridgehead atoms. The predicted molar refractivity (Wildman–Crippen MR) is 77.6 cm³/mol. The number of benzene rings is 1. The maximum atomic E-state index is 12.3. The fraction of sp³-hybridized carbons (Fsp3) is 0.538. The van der Waals surface area contributed by atoms with Gasteiger partial charge >= 0.3 is 0 Å². The highest BCUT2D eigenvalue weighted by Crippen LogP contribution is 2.23. The van der Waals surface area contributed by atoms with Crippen LogP contribution in [-0.2, 0) is 19.9 Å². The van der Waals surface area contributed by atoms with Crippen molar-refractivity contribution in [2.75, 3.05) is 25.1 Å². The van der Waals surface area contributed by atoms with Gasteiger partial charge in [0.05, 0.1) is 16.9 Å². The maximum Gasteiger partial charge on any atom is 0.211 e. The van der Waals surface area contributed by atoms with Crippen LogP contribution in [0.15, 0.2) is 35.2 Å². The maximum absolute atomic E-state index is 12.3. The van der Waals surface area contributed by atoms with Gasteiger partial charge in [0, 0.05) is 13.1 Å². The summed E-state index contributed by atoms with van der Waals surface area (Å²) in [5.41, 5.74) is 0. The average Bonchev–Trinajstić information content (AvgIpc) is 2.38. The fourth-order valence-corrected chi connectivity index (χ4v) is 5.10. The van der Waals surface area contributed by atoms with Crippen LogP contribution in [-0.4, -0.2) is 46.2 Å². The lowest BCUT2D eigenvalue weighted by atomic mass is 10.0. The van der Waals surface area contributed by atoms with Crippen molar-refractivity contribution in [2.45, 2.75) is 17.7 Å². The van der Waals surface area contributed by atoms with Crippen LogP contribution in [0.3, 0.4) is 0 Å². The van der Waals surface area contributed by atoms with Gasteiger partial charge in [0.25, 0.3) is 0 Å². The summed E-state index contributed by atoms with van der Waals surface area (Å²) in [7, 11) is -6.59. The molecule has 1 heterocycles. The lowest BCUT2D eigenvalue weighted by Crippen LogP contribution is -2.41. The predicted octanol–water partition coefficient (Wildman–Crippen LogP) is 1.13. The highest BCUT2D eigenvalue weighted by Gasteiger charge is 2.29. The van der Waals surface area contributed by atoms with E-state index in [1.807, 2.05) is 0 Å². The Morgan fingerprint density at radius 3 is 2.40 bits per heavy atom. The molecule has 0 radical (unpaired) electrons. The topological polar surface area (TPSA) is 71.5 Å². The second kappa shape index (κ2) is 5.83. The highest BCUT2D eigenvalue weighted by molar-refractivity contribution is 7.91. The molecule has 1 atom stereocenters. The molecule has 2 rings (SSSR count). The first-order valence-electron chi connectivity index (χ1n) is 6.52. The van der Waals surface area contributed by atoms with Crippen molar-refractivity contribution in [1.29, 1.82) is 0 Å². The zero-order chi connectivity index (χ0) is 14.8. The summed E-state index contributed by atoms with van der Waals surface area (Å²) in [4.78, 5) is 0.302. The zero-order valence-electron chi connectivity index (χ0n) is 11.4. The summed E-state index contributed by atoms with van der Waals surface area (Å²) < 4.78 is 49.0. The molecule has 1 aliphatic heterocycles. The molecular weight excluding hydrogens is 298 g/mol. The van der Waals surface area contributed by atoms with Gasteiger partial charge in [-0.05, 0) is 30.9 Å². The van der Waals surface area contributed by atoms with Crippen molar-refractivity contribution in [1.82, 2.24) is 4.31 Å². The van der Waals surface area contributed by atoms with Crippen LogP contribution in [0.1, 0.15) is 12.8 Å². The number of rotatable bonds is 4. The van der Waals surface area contributed by atoms with Crippen LogP contribution >= 0.6 is 0 Å². The van der Waals surface area contributed by atoms with Crippen LogP contribution in [0.25, 0.3) is 0 Å². The molecule has 1 aromatic carbocycles. The molecule has 20 heavy (non-hydrogen) atoms. The monoisotopic (exact) mass is 317 g/mol. The van der Waals surface area contributed by atoms with Gasteiger partial charge in [-0.3, -0.25) is 0 Å². The lowest BCUT2D eigenvalue weighted by Gasteiger charge is -2.30. The molecule has 1 aromatic rings. The van der Waals surface area contributed by atoms with Gasteiger partial charge in [0.15, 0.2) is 9.84 Å². The van der Waals surface area contributed by atoms with Gasteiger partial charge < -0.3 is 0 Å². The van der Waals surface area contributed by atoms with Crippen molar-refractivity contribution >= 4 is 19.9 Å². The minimum Gasteiger partial charge on any atom is -0.224 e. The smallest absolute Gasteiger partial charge is 0.211 e. The van der Waals surface area contributed by atoms with Crippen molar-refractivity contribution in [3.8, 4) is 0 Å². The normalized spacial score (nSPS) is 21.8. The minimum atomic E-state index is -3.35. The molecule has 112 valence electrons. The highest BCUT2D eigenvalue weighted by atomic mass is 32.2. The molecule has 0 amide bonds. The Kier molecular flexibility index (Phi) is 4.51. The molecule has 7 heteroatoms. The Morgan fingerprint density at radius 2 is 1.80 bits per heavy atom. The zero-order valence-corrected chi connectivity index (χ0v) is 13.0. The SMILES string of the molecule is CS(=O)(=O)N1CCCC(CS(=O)(=O)c2ccccc2)C1. The first-order valence-corrected chi connectivity index (χ1v) is 10.0. The van der Waals surface area contributed by atoms with Gasteiger partial charge in [0.2, 0.25) is 10.0 Å². The van der Waals surface area contributed by atoms with Gasteiger partial charge in [0.1, 0.15) is 0 Å². The Bertz CT molecular complexity index is 653. The third-order valence-electron chi connectivity index (χ3n) is 3.51. The first-order chi connectivity index (χ1) is 9.29. The average molecular weight is 317 g/mol. The quantitative estimate of drug-likeness (QED) is 0.834. The summed E-state index contributed by atoms with van der Waals surface area (Å²) >= 11 is 0. The molecule has 0 aromatic heterocycles. The number of hydrogen-bond acceptors (Lipinski definition) is 4. The van der Waals surface area contributed by atoms with E-state index >= 15 is 0 Å². The van der Waals surface area contributed by atoms with E-state index in [0.29, 0.717) is 24.4 Å². The number of hydrogen-bond donors (Lipinski definition) is 0. The van der Waals surface area contributed by atoms with Crippen molar-refractivity contribution < 1.29 is 16.8 Å². The number of piperidine rings is 1. The first kappa shape index (κ1) is 15.5. The Morgan fingerprint density at radius 1 is 1.15 bits per heavy atom. The Balaban J connectivity index is 2.10. The Labute approximate surface area is 120 Å². The third kappa shape index (κ3) is 3.80. The van der Waals surface area contributed by atoms with Crippen molar-refractivity contribution in [3.05, 3.63) is 30.3 Å². The van der Waals surface area contributed by atoms with Gasteiger partial charge in [-0.15, -0.1) is 0 Å². The molecule has 1 aliphatic rings. The van der Waals surface area contributed by atoms with Crippen LogP contribution in [0.2, 0.25) is 0 Å². The van der Waals surface area contributed by atoms with E-state index in [4.69, 9.17) is 0 Å². The van der Waals surface area contributed by atoms with E-state index in [0.717, 1.165) is 6.42 Å². The minimum absolute atomic E-state index is 0.00301. The van der Waals surface area contributed by atoms with E-state index in [-0.39, 0.29) is 11.7 Å². The van der Waals surface area contributed by atoms with Crippen LogP contribution in [0.4, 0.5) is 0 Å². The van der Waals surface area contributed by atoms with Crippen molar-refractivity contribution in [2.24, 2.45) is 5.92 Å². The van der Waals surface area contributed by atoms with E-state index in [9.17, 15) is 16.8 Å². The standard InChI is InChI=1S/C13H19NO4S2/c1-19(15,16)14-9-5-6-12(10-14)11-20(17,18)13-7-3-2-4-8-13/h2-4,7-8,12H,5-6,9-11H2,1H3. The van der Waals surface area contributed by atoms with Crippen LogP contribution in [0.5, 0.6) is 0 Å². The summed E-state index contributed by atoms with van der Waals surface area (Å²) in [5.74, 6) is -0.132. The molecule has 1 saturated heterocycles. The molecule has 5 nitrogen and oxygen atoms in total. The molecule has 0 N–H and O–H groups in total. The van der Waals surface area contributed by atoms with Gasteiger partial charge in [-0.1, -0.05) is 18.2 Å². The second-order valence-electron chi connectivity index (χ2n) is 5.22. The molecule has 1 unspecified atom stereocenters. The molecule has 0 aliphatic carbocycles. The number of sulfonamides is 1. The van der Waals surface area contributed by atoms with E-state index in [1.54, 1.807) is 30.3 Å². The summed E-state index contributed by atoms with van der Waals surface area (Å²) in [6.45, 7) is 0.783. The number of sulfone groups is 1. The third-order valence-corrected chi connectivity index (χ3v) is 6.68. The summed E-state index contributed by atoms with van der Waals surface area (Å²) in [5, 5.41) is 0. The fourth-order valence-electron chi connectivity index (χ4n) is 2.50. The lowest BCUT2D eigenvalue weighted by molar-refractivity contribution is 0.284. The van der Waals surface area contributed by atoms with Gasteiger partial charge in [-0.25, -0.2) is 21.1 Å². The van der Waals surface area contributed by atoms with E-state index < -0.39 is 19.9 Å².